The second-order valence-corrected chi connectivity index (χ2v) is 5.95. The van der Waals surface area contributed by atoms with Gasteiger partial charge in [0.15, 0.2) is 0 Å². The number of thioether (sulfide) groups is 1. The molecule has 128 valence electrons. The van der Waals surface area contributed by atoms with Gasteiger partial charge in [-0.1, -0.05) is 36.0 Å². The van der Waals surface area contributed by atoms with Crippen LogP contribution in [0.2, 0.25) is 0 Å². The van der Waals surface area contributed by atoms with Crippen molar-refractivity contribution in [1.29, 1.82) is 0 Å². The molecule has 6 nitrogen and oxygen atoms in total. The molecule has 0 saturated heterocycles. The van der Waals surface area contributed by atoms with Crippen molar-refractivity contribution in [3.05, 3.63) is 65.7 Å². The molecule has 0 fully saturated rings. The van der Waals surface area contributed by atoms with Crippen molar-refractivity contribution in [3.63, 3.8) is 0 Å². The number of halogens is 2. The summed E-state index contributed by atoms with van der Waals surface area (Å²) in [6.45, 7) is 0.0981. The molecule has 0 unspecified atom stereocenters. The predicted octanol–water partition coefficient (Wildman–Crippen LogP) is 2.35. The van der Waals surface area contributed by atoms with Gasteiger partial charge in [0.25, 0.3) is 0 Å². The largest absolute Gasteiger partial charge is 0.351 e. The summed E-state index contributed by atoms with van der Waals surface area (Å²) in [6.07, 6.45) is 0. The zero-order valence-electron chi connectivity index (χ0n) is 12.9. The normalized spacial score (nSPS) is 10.6. The van der Waals surface area contributed by atoms with E-state index in [1.165, 1.54) is 22.9 Å². The molecule has 0 radical (unpaired) electrons. The Morgan fingerprint density at radius 1 is 1.16 bits per heavy atom. The number of benzene rings is 2. The first kappa shape index (κ1) is 17.0. The van der Waals surface area contributed by atoms with Gasteiger partial charge in [-0.05, 0) is 34.7 Å². The number of hydrogen-bond acceptors (Lipinski definition) is 5. The lowest BCUT2D eigenvalue weighted by Gasteiger charge is -2.06. The fraction of sp³-hybridized carbons (Fsp3) is 0.125. The molecule has 3 rings (SSSR count). The third-order valence-electron chi connectivity index (χ3n) is 3.26. The maximum absolute atomic E-state index is 13.5. The Balaban J connectivity index is 1.58. The molecule has 0 saturated carbocycles. The van der Waals surface area contributed by atoms with Gasteiger partial charge in [-0.3, -0.25) is 4.79 Å². The third kappa shape index (κ3) is 4.38. The van der Waals surface area contributed by atoms with Gasteiger partial charge >= 0.3 is 0 Å². The number of hydrogen-bond donors (Lipinski definition) is 1. The fourth-order valence-corrected chi connectivity index (χ4v) is 2.78. The number of aromatic nitrogens is 4. The van der Waals surface area contributed by atoms with E-state index in [4.69, 9.17) is 0 Å². The van der Waals surface area contributed by atoms with E-state index >= 15 is 0 Å². The van der Waals surface area contributed by atoms with E-state index in [2.05, 4.69) is 20.8 Å². The minimum Gasteiger partial charge on any atom is -0.351 e. The number of carbonyl (C=O) groups excluding carboxylic acids is 1. The standard InChI is InChI=1S/C16H13F2N5OS/c17-12-5-3-6-13(8-12)23-16(20-21-22-23)25-10-15(24)19-9-11-4-1-2-7-14(11)18/h1-8H,9-10H2,(H,19,24). The summed E-state index contributed by atoms with van der Waals surface area (Å²) in [5.74, 6) is -1.02. The van der Waals surface area contributed by atoms with Crippen molar-refractivity contribution in [2.75, 3.05) is 5.75 Å². The predicted molar refractivity (Wildman–Crippen MR) is 88.1 cm³/mol. The van der Waals surface area contributed by atoms with E-state index < -0.39 is 5.82 Å². The molecule has 0 bridgehead atoms. The Kier molecular flexibility index (Phi) is 5.34. The van der Waals surface area contributed by atoms with Gasteiger partial charge in [-0.15, -0.1) is 5.10 Å². The first-order valence-electron chi connectivity index (χ1n) is 7.31. The van der Waals surface area contributed by atoms with Crippen molar-refractivity contribution in [3.8, 4) is 5.69 Å². The van der Waals surface area contributed by atoms with Crippen LogP contribution in [0.1, 0.15) is 5.56 Å². The van der Waals surface area contributed by atoms with Gasteiger partial charge in [-0.25, -0.2) is 8.78 Å². The third-order valence-corrected chi connectivity index (χ3v) is 4.18. The van der Waals surface area contributed by atoms with Crippen LogP contribution in [0.4, 0.5) is 8.78 Å². The van der Waals surface area contributed by atoms with Crippen LogP contribution in [-0.2, 0) is 11.3 Å². The van der Waals surface area contributed by atoms with Crippen molar-refractivity contribution < 1.29 is 13.6 Å². The van der Waals surface area contributed by atoms with Crippen LogP contribution in [0.15, 0.2) is 53.7 Å². The second kappa shape index (κ2) is 7.84. The zero-order valence-corrected chi connectivity index (χ0v) is 13.7. The lowest BCUT2D eigenvalue weighted by molar-refractivity contribution is -0.118. The number of tetrazole rings is 1. The maximum Gasteiger partial charge on any atom is 0.230 e. The van der Waals surface area contributed by atoms with E-state index in [0.29, 0.717) is 16.4 Å². The number of carbonyl (C=O) groups is 1. The molecule has 1 heterocycles. The molecule has 0 spiro atoms. The van der Waals surface area contributed by atoms with Gasteiger partial charge in [-0.2, -0.15) is 4.68 Å². The summed E-state index contributed by atoms with van der Waals surface area (Å²) in [6, 6.07) is 12.0. The highest BCUT2D eigenvalue weighted by molar-refractivity contribution is 7.99. The zero-order chi connectivity index (χ0) is 17.6. The molecule has 1 amide bonds. The van der Waals surface area contributed by atoms with Crippen LogP contribution < -0.4 is 5.32 Å². The average Bonchev–Trinajstić information content (AvgIpc) is 3.08. The molecular formula is C16H13F2N5OS. The minimum atomic E-state index is -0.411. The Bertz CT molecular complexity index is 886. The van der Waals surface area contributed by atoms with Gasteiger partial charge in [0.1, 0.15) is 11.6 Å². The lowest BCUT2D eigenvalue weighted by atomic mass is 10.2. The van der Waals surface area contributed by atoms with Crippen LogP contribution in [0, 0.1) is 11.6 Å². The smallest absolute Gasteiger partial charge is 0.230 e. The highest BCUT2D eigenvalue weighted by Gasteiger charge is 2.12. The Morgan fingerprint density at radius 3 is 2.80 bits per heavy atom. The van der Waals surface area contributed by atoms with Crippen LogP contribution in [0.5, 0.6) is 0 Å². The minimum absolute atomic E-state index is 0.0458. The van der Waals surface area contributed by atoms with E-state index in [9.17, 15) is 13.6 Å². The summed E-state index contributed by atoms with van der Waals surface area (Å²) in [5.41, 5.74) is 0.865. The molecular weight excluding hydrogens is 348 g/mol. The fourth-order valence-electron chi connectivity index (χ4n) is 2.06. The highest BCUT2D eigenvalue weighted by atomic mass is 32.2. The number of rotatable bonds is 6. The van der Waals surface area contributed by atoms with Crippen LogP contribution in [0.25, 0.3) is 5.69 Å². The molecule has 0 aliphatic carbocycles. The first-order chi connectivity index (χ1) is 12.1. The van der Waals surface area contributed by atoms with E-state index in [1.54, 1.807) is 30.3 Å². The van der Waals surface area contributed by atoms with Crippen molar-refractivity contribution in [2.24, 2.45) is 0 Å². The van der Waals surface area contributed by atoms with E-state index in [0.717, 1.165) is 11.8 Å². The molecule has 1 N–H and O–H groups in total. The molecule has 1 aromatic heterocycles. The monoisotopic (exact) mass is 361 g/mol. The van der Waals surface area contributed by atoms with Gasteiger partial charge in [0, 0.05) is 12.1 Å². The van der Waals surface area contributed by atoms with Crippen LogP contribution in [0.3, 0.4) is 0 Å². The van der Waals surface area contributed by atoms with Crippen LogP contribution >= 0.6 is 11.8 Å². The summed E-state index contributed by atoms with van der Waals surface area (Å²) in [4.78, 5) is 11.9. The molecule has 2 aromatic carbocycles. The van der Waals surface area contributed by atoms with Crippen molar-refractivity contribution in [1.82, 2.24) is 25.5 Å². The summed E-state index contributed by atoms with van der Waals surface area (Å²) in [5, 5.41) is 14.2. The highest BCUT2D eigenvalue weighted by Crippen LogP contribution is 2.18. The SMILES string of the molecule is O=C(CSc1nnnn1-c1cccc(F)c1)NCc1ccccc1F. The summed E-state index contributed by atoms with van der Waals surface area (Å²) in [7, 11) is 0. The Hall–Kier alpha value is -2.81. The topological polar surface area (TPSA) is 72.7 Å². The van der Waals surface area contributed by atoms with E-state index in [-0.39, 0.29) is 24.0 Å². The molecule has 3 aromatic rings. The van der Waals surface area contributed by atoms with Crippen molar-refractivity contribution in [2.45, 2.75) is 11.7 Å². The lowest BCUT2D eigenvalue weighted by Crippen LogP contribution is -2.25. The Morgan fingerprint density at radius 2 is 2.00 bits per heavy atom. The number of nitrogens with one attached hydrogen (secondary N) is 1. The molecule has 25 heavy (non-hydrogen) atoms. The Labute approximate surface area is 146 Å². The summed E-state index contributed by atoms with van der Waals surface area (Å²) < 4.78 is 28.2. The number of amides is 1. The van der Waals surface area contributed by atoms with Crippen LogP contribution in [-0.4, -0.2) is 31.9 Å². The van der Waals surface area contributed by atoms with Gasteiger partial charge in [0.05, 0.1) is 11.4 Å². The summed E-state index contributed by atoms with van der Waals surface area (Å²) >= 11 is 1.10. The number of nitrogens with zero attached hydrogens (tertiary/aromatic N) is 4. The molecule has 0 aliphatic heterocycles. The molecule has 0 aliphatic rings. The maximum atomic E-state index is 13.5. The van der Waals surface area contributed by atoms with Gasteiger partial charge in [0.2, 0.25) is 11.1 Å². The average molecular weight is 361 g/mol. The van der Waals surface area contributed by atoms with E-state index in [1.807, 2.05) is 0 Å². The second-order valence-electron chi connectivity index (χ2n) is 5.01. The van der Waals surface area contributed by atoms with Gasteiger partial charge < -0.3 is 5.32 Å². The van der Waals surface area contributed by atoms with Crippen molar-refractivity contribution >= 4 is 17.7 Å². The first-order valence-corrected chi connectivity index (χ1v) is 8.29. The molecule has 0 atom stereocenters. The molecule has 9 heteroatoms. The quantitative estimate of drug-likeness (QED) is 0.683.